The SMILES string of the molecule is CCN1CCC(NCc2ccc3ncccc3c2)CC1. The Hall–Kier alpha value is -1.45. The molecule has 0 unspecified atom stereocenters. The van der Waals surface area contributed by atoms with Crippen LogP contribution in [-0.2, 0) is 6.54 Å². The van der Waals surface area contributed by atoms with Crippen LogP contribution in [0.2, 0.25) is 0 Å². The van der Waals surface area contributed by atoms with Crippen LogP contribution in [0.4, 0.5) is 0 Å². The molecule has 20 heavy (non-hydrogen) atoms. The summed E-state index contributed by atoms with van der Waals surface area (Å²) >= 11 is 0. The van der Waals surface area contributed by atoms with Gasteiger partial charge in [0.25, 0.3) is 0 Å². The summed E-state index contributed by atoms with van der Waals surface area (Å²) in [7, 11) is 0. The summed E-state index contributed by atoms with van der Waals surface area (Å²) in [5, 5.41) is 4.93. The first-order chi connectivity index (χ1) is 9.85. The molecule has 1 aliphatic heterocycles. The fourth-order valence-electron chi connectivity index (χ4n) is 2.95. The second kappa shape index (κ2) is 6.33. The van der Waals surface area contributed by atoms with Crippen LogP contribution in [0.15, 0.2) is 36.5 Å². The highest BCUT2D eigenvalue weighted by atomic mass is 15.1. The van der Waals surface area contributed by atoms with Crippen molar-refractivity contribution in [3.63, 3.8) is 0 Å². The molecule has 3 nitrogen and oxygen atoms in total. The van der Waals surface area contributed by atoms with Gasteiger partial charge < -0.3 is 10.2 Å². The molecule has 0 amide bonds. The average Bonchev–Trinajstić information content (AvgIpc) is 2.53. The summed E-state index contributed by atoms with van der Waals surface area (Å²) in [6.07, 6.45) is 4.38. The van der Waals surface area contributed by atoms with Crippen molar-refractivity contribution in [2.75, 3.05) is 19.6 Å². The van der Waals surface area contributed by atoms with E-state index >= 15 is 0 Å². The fourth-order valence-corrected chi connectivity index (χ4v) is 2.95. The van der Waals surface area contributed by atoms with Gasteiger partial charge in [-0.2, -0.15) is 0 Å². The molecule has 1 fully saturated rings. The number of nitrogens with zero attached hydrogens (tertiary/aromatic N) is 2. The first kappa shape index (κ1) is 13.5. The second-order valence-electron chi connectivity index (χ2n) is 5.62. The van der Waals surface area contributed by atoms with E-state index in [1.54, 1.807) is 0 Å². The van der Waals surface area contributed by atoms with E-state index in [2.05, 4.69) is 46.4 Å². The Bertz CT molecular complexity index is 559. The lowest BCUT2D eigenvalue weighted by molar-refractivity contribution is 0.206. The molecule has 1 N–H and O–H groups in total. The van der Waals surface area contributed by atoms with Gasteiger partial charge in [0, 0.05) is 24.2 Å². The third kappa shape index (κ3) is 3.17. The fraction of sp³-hybridized carbons (Fsp3) is 0.471. The van der Waals surface area contributed by atoms with E-state index in [9.17, 15) is 0 Å². The van der Waals surface area contributed by atoms with Gasteiger partial charge in [0.05, 0.1) is 5.52 Å². The number of fused-ring (bicyclic) bond motifs is 1. The maximum Gasteiger partial charge on any atom is 0.0702 e. The average molecular weight is 269 g/mol. The van der Waals surface area contributed by atoms with Gasteiger partial charge in [0.1, 0.15) is 0 Å². The smallest absolute Gasteiger partial charge is 0.0702 e. The molecule has 3 heteroatoms. The van der Waals surface area contributed by atoms with E-state index in [0.717, 1.165) is 12.1 Å². The molecule has 1 saturated heterocycles. The highest BCUT2D eigenvalue weighted by Crippen LogP contribution is 2.15. The topological polar surface area (TPSA) is 28.2 Å². The van der Waals surface area contributed by atoms with Crippen LogP contribution in [-0.4, -0.2) is 35.6 Å². The lowest BCUT2D eigenvalue weighted by Crippen LogP contribution is -2.42. The van der Waals surface area contributed by atoms with Crippen molar-refractivity contribution in [1.29, 1.82) is 0 Å². The molecule has 1 aromatic heterocycles. The van der Waals surface area contributed by atoms with Crippen molar-refractivity contribution >= 4 is 10.9 Å². The molecule has 2 heterocycles. The van der Waals surface area contributed by atoms with Gasteiger partial charge in [-0.3, -0.25) is 4.98 Å². The summed E-state index contributed by atoms with van der Waals surface area (Å²) in [6, 6.07) is 11.3. The van der Waals surface area contributed by atoms with Crippen molar-refractivity contribution in [2.45, 2.75) is 32.4 Å². The van der Waals surface area contributed by atoms with E-state index in [4.69, 9.17) is 0 Å². The number of aromatic nitrogens is 1. The maximum atomic E-state index is 4.36. The number of rotatable bonds is 4. The predicted molar refractivity (Wildman–Crippen MR) is 83.7 cm³/mol. The van der Waals surface area contributed by atoms with Gasteiger partial charge in [-0.1, -0.05) is 19.1 Å². The number of hydrogen-bond acceptors (Lipinski definition) is 3. The van der Waals surface area contributed by atoms with Crippen molar-refractivity contribution in [1.82, 2.24) is 15.2 Å². The second-order valence-corrected chi connectivity index (χ2v) is 5.62. The predicted octanol–water partition coefficient (Wildman–Crippen LogP) is 2.81. The quantitative estimate of drug-likeness (QED) is 0.925. The molecule has 3 rings (SSSR count). The van der Waals surface area contributed by atoms with Crippen LogP contribution in [0.3, 0.4) is 0 Å². The first-order valence-electron chi connectivity index (χ1n) is 7.64. The molecule has 106 valence electrons. The first-order valence-corrected chi connectivity index (χ1v) is 7.64. The zero-order valence-electron chi connectivity index (χ0n) is 12.2. The standard InChI is InChI=1S/C17H23N3/c1-2-20-10-7-16(8-11-20)19-13-14-5-6-17-15(12-14)4-3-9-18-17/h3-6,9,12,16,19H,2,7-8,10-11,13H2,1H3. The van der Waals surface area contributed by atoms with E-state index in [-0.39, 0.29) is 0 Å². The summed E-state index contributed by atoms with van der Waals surface area (Å²) in [4.78, 5) is 6.89. The molecule has 0 bridgehead atoms. The highest BCUT2D eigenvalue weighted by molar-refractivity contribution is 5.78. The summed E-state index contributed by atoms with van der Waals surface area (Å²) in [6.45, 7) is 6.86. The van der Waals surface area contributed by atoms with Gasteiger partial charge in [0.2, 0.25) is 0 Å². The Balaban J connectivity index is 1.57. The number of likely N-dealkylation sites (tertiary alicyclic amines) is 1. The number of benzene rings is 1. The Morgan fingerprint density at radius 3 is 2.90 bits per heavy atom. The van der Waals surface area contributed by atoms with Gasteiger partial charge in [-0.15, -0.1) is 0 Å². The highest BCUT2D eigenvalue weighted by Gasteiger charge is 2.17. The Labute approximate surface area is 121 Å². The summed E-state index contributed by atoms with van der Waals surface area (Å²) < 4.78 is 0. The zero-order valence-corrected chi connectivity index (χ0v) is 12.2. The van der Waals surface area contributed by atoms with Crippen molar-refractivity contribution in [3.8, 4) is 0 Å². The number of hydrogen-bond donors (Lipinski definition) is 1. The zero-order chi connectivity index (χ0) is 13.8. The van der Waals surface area contributed by atoms with Crippen molar-refractivity contribution < 1.29 is 0 Å². The molecule has 0 radical (unpaired) electrons. The van der Waals surface area contributed by atoms with Gasteiger partial charge >= 0.3 is 0 Å². The largest absolute Gasteiger partial charge is 0.310 e. The normalized spacial score (nSPS) is 17.6. The lowest BCUT2D eigenvalue weighted by atomic mass is 10.0. The summed E-state index contributed by atoms with van der Waals surface area (Å²) in [5.41, 5.74) is 2.43. The van der Waals surface area contributed by atoms with Crippen LogP contribution in [0, 0.1) is 0 Å². The molecule has 1 aromatic carbocycles. The maximum absolute atomic E-state index is 4.36. The minimum Gasteiger partial charge on any atom is -0.310 e. The number of piperidine rings is 1. The minimum absolute atomic E-state index is 0.669. The minimum atomic E-state index is 0.669. The summed E-state index contributed by atoms with van der Waals surface area (Å²) in [5.74, 6) is 0. The van der Waals surface area contributed by atoms with Crippen molar-refractivity contribution in [3.05, 3.63) is 42.1 Å². The van der Waals surface area contributed by atoms with E-state index in [1.807, 2.05) is 12.3 Å². The molecule has 0 spiro atoms. The van der Waals surface area contributed by atoms with Crippen LogP contribution in [0.5, 0.6) is 0 Å². The van der Waals surface area contributed by atoms with Crippen LogP contribution in [0.1, 0.15) is 25.3 Å². The molecule has 0 saturated carbocycles. The van der Waals surface area contributed by atoms with E-state index in [1.165, 1.54) is 43.4 Å². The Kier molecular flexibility index (Phi) is 4.28. The monoisotopic (exact) mass is 269 g/mol. The van der Waals surface area contributed by atoms with Crippen LogP contribution in [0.25, 0.3) is 10.9 Å². The van der Waals surface area contributed by atoms with E-state index < -0.39 is 0 Å². The molecular formula is C17H23N3. The van der Waals surface area contributed by atoms with Crippen molar-refractivity contribution in [2.24, 2.45) is 0 Å². The van der Waals surface area contributed by atoms with Crippen LogP contribution < -0.4 is 5.32 Å². The van der Waals surface area contributed by atoms with Crippen LogP contribution >= 0.6 is 0 Å². The van der Waals surface area contributed by atoms with Gasteiger partial charge in [-0.05, 0) is 56.2 Å². The number of pyridine rings is 1. The Morgan fingerprint density at radius 1 is 1.25 bits per heavy atom. The lowest BCUT2D eigenvalue weighted by Gasteiger charge is -2.31. The molecule has 0 aliphatic carbocycles. The number of nitrogens with one attached hydrogen (secondary N) is 1. The third-order valence-corrected chi connectivity index (χ3v) is 4.30. The Morgan fingerprint density at radius 2 is 2.10 bits per heavy atom. The van der Waals surface area contributed by atoms with Gasteiger partial charge in [-0.25, -0.2) is 0 Å². The van der Waals surface area contributed by atoms with E-state index in [0.29, 0.717) is 6.04 Å². The molecular weight excluding hydrogens is 246 g/mol. The third-order valence-electron chi connectivity index (χ3n) is 4.30. The molecule has 2 aromatic rings. The van der Waals surface area contributed by atoms with Gasteiger partial charge in [0.15, 0.2) is 0 Å². The molecule has 0 atom stereocenters. The molecule has 1 aliphatic rings.